The number of anilines is 1. The van der Waals surface area contributed by atoms with Crippen LogP contribution in [-0.4, -0.2) is 11.9 Å². The zero-order valence-corrected chi connectivity index (χ0v) is 7.85. The predicted octanol–water partition coefficient (Wildman–Crippen LogP) is 1.39. The Morgan fingerprint density at radius 1 is 1.33 bits per heavy atom. The number of nitrogens with two attached hydrogens (primary N) is 1. The average Bonchev–Trinajstić information content (AvgIpc) is 2.13. The van der Waals surface area contributed by atoms with Crippen molar-refractivity contribution in [2.75, 3.05) is 5.32 Å². The number of carbonyl (C=O) groups excluding carboxylic acids is 1. The molecule has 0 radical (unpaired) electrons. The third-order valence-electron chi connectivity index (χ3n) is 1.66. The van der Waals surface area contributed by atoms with Crippen LogP contribution in [-0.2, 0) is 4.79 Å². The third-order valence-corrected chi connectivity index (χ3v) is 1.66. The molecule has 0 heterocycles. The van der Waals surface area contributed by atoms with Crippen molar-refractivity contribution in [3.8, 4) is 0 Å². The molecule has 6 heteroatoms. The molecule has 0 bridgehead atoms. The molecule has 1 atom stereocenters. The van der Waals surface area contributed by atoms with Gasteiger partial charge in [-0.2, -0.15) is 0 Å². The van der Waals surface area contributed by atoms with Gasteiger partial charge in [0.15, 0.2) is 17.5 Å². The fourth-order valence-corrected chi connectivity index (χ4v) is 0.884. The Bertz CT molecular complexity index is 370. The Morgan fingerprint density at radius 2 is 1.80 bits per heavy atom. The quantitative estimate of drug-likeness (QED) is 0.737. The Kier molecular flexibility index (Phi) is 3.31. The molecule has 1 rings (SSSR count). The SMILES string of the molecule is C[C@@H](N)C(=O)Nc1cc(F)c(F)c(F)c1. The summed E-state index contributed by atoms with van der Waals surface area (Å²) in [7, 11) is 0. The van der Waals surface area contributed by atoms with E-state index in [1.54, 1.807) is 0 Å². The van der Waals surface area contributed by atoms with Gasteiger partial charge in [0.25, 0.3) is 0 Å². The van der Waals surface area contributed by atoms with Crippen LogP contribution in [0, 0.1) is 17.5 Å². The zero-order valence-electron chi connectivity index (χ0n) is 7.85. The second kappa shape index (κ2) is 4.31. The van der Waals surface area contributed by atoms with E-state index in [1.807, 2.05) is 0 Å². The lowest BCUT2D eigenvalue weighted by molar-refractivity contribution is -0.117. The summed E-state index contributed by atoms with van der Waals surface area (Å²) in [5, 5.41) is 2.14. The molecule has 1 aromatic carbocycles. The van der Waals surface area contributed by atoms with E-state index in [4.69, 9.17) is 5.73 Å². The monoisotopic (exact) mass is 218 g/mol. The molecule has 0 unspecified atom stereocenters. The first-order chi connectivity index (χ1) is 6.91. The maximum Gasteiger partial charge on any atom is 0.241 e. The number of nitrogens with one attached hydrogen (secondary N) is 1. The van der Waals surface area contributed by atoms with Gasteiger partial charge >= 0.3 is 0 Å². The minimum absolute atomic E-state index is 0.172. The van der Waals surface area contributed by atoms with E-state index in [-0.39, 0.29) is 5.69 Å². The maximum atomic E-state index is 12.7. The van der Waals surface area contributed by atoms with Crippen molar-refractivity contribution in [1.29, 1.82) is 0 Å². The Morgan fingerprint density at radius 3 is 2.20 bits per heavy atom. The van der Waals surface area contributed by atoms with E-state index in [9.17, 15) is 18.0 Å². The summed E-state index contributed by atoms with van der Waals surface area (Å²) in [5.41, 5.74) is 5.04. The minimum atomic E-state index is -1.58. The lowest BCUT2D eigenvalue weighted by atomic mass is 10.2. The molecule has 0 aliphatic heterocycles. The molecule has 0 aliphatic carbocycles. The van der Waals surface area contributed by atoms with Crippen LogP contribution in [0.25, 0.3) is 0 Å². The lowest BCUT2D eigenvalue weighted by Gasteiger charge is -2.08. The van der Waals surface area contributed by atoms with Crippen LogP contribution in [0.1, 0.15) is 6.92 Å². The highest BCUT2D eigenvalue weighted by Crippen LogP contribution is 2.17. The number of hydrogen-bond acceptors (Lipinski definition) is 2. The number of rotatable bonds is 2. The summed E-state index contributed by atoms with van der Waals surface area (Å²) in [4.78, 5) is 11.0. The fourth-order valence-electron chi connectivity index (χ4n) is 0.884. The van der Waals surface area contributed by atoms with E-state index in [0.29, 0.717) is 12.1 Å². The average molecular weight is 218 g/mol. The van der Waals surface area contributed by atoms with Crippen molar-refractivity contribution in [2.45, 2.75) is 13.0 Å². The number of benzene rings is 1. The summed E-state index contributed by atoms with van der Waals surface area (Å²) in [6, 6.07) is 0.540. The van der Waals surface area contributed by atoms with E-state index in [2.05, 4.69) is 5.32 Å². The molecular weight excluding hydrogens is 209 g/mol. The Hall–Kier alpha value is -1.56. The largest absolute Gasteiger partial charge is 0.325 e. The predicted molar refractivity (Wildman–Crippen MR) is 48.6 cm³/mol. The van der Waals surface area contributed by atoms with Gasteiger partial charge < -0.3 is 11.1 Å². The van der Waals surface area contributed by atoms with Crippen molar-refractivity contribution in [3.05, 3.63) is 29.6 Å². The van der Waals surface area contributed by atoms with Gasteiger partial charge in [-0.05, 0) is 6.92 Å². The second-order valence-corrected chi connectivity index (χ2v) is 3.03. The third kappa shape index (κ3) is 2.69. The van der Waals surface area contributed by atoms with E-state index in [1.165, 1.54) is 6.92 Å². The highest BCUT2D eigenvalue weighted by Gasteiger charge is 2.13. The van der Waals surface area contributed by atoms with Crippen LogP contribution in [0.4, 0.5) is 18.9 Å². The topological polar surface area (TPSA) is 55.1 Å². The van der Waals surface area contributed by atoms with Gasteiger partial charge in [0, 0.05) is 17.8 Å². The fraction of sp³-hybridized carbons (Fsp3) is 0.222. The minimum Gasteiger partial charge on any atom is -0.325 e. The lowest BCUT2D eigenvalue weighted by Crippen LogP contribution is -2.32. The molecule has 0 fully saturated rings. The molecule has 3 nitrogen and oxygen atoms in total. The van der Waals surface area contributed by atoms with Crippen LogP contribution in [0.5, 0.6) is 0 Å². The smallest absolute Gasteiger partial charge is 0.241 e. The molecule has 1 amide bonds. The Balaban J connectivity index is 2.93. The van der Waals surface area contributed by atoms with Gasteiger partial charge in [-0.1, -0.05) is 0 Å². The van der Waals surface area contributed by atoms with Crippen molar-refractivity contribution < 1.29 is 18.0 Å². The summed E-state index contributed by atoms with van der Waals surface area (Å²) in [6.07, 6.45) is 0. The molecule has 0 saturated heterocycles. The van der Waals surface area contributed by atoms with Gasteiger partial charge in [-0.25, -0.2) is 13.2 Å². The number of carbonyl (C=O) groups is 1. The molecular formula is C9H9F3N2O. The molecule has 3 N–H and O–H groups in total. The first kappa shape index (κ1) is 11.5. The molecule has 1 aromatic rings. The van der Waals surface area contributed by atoms with Crippen molar-refractivity contribution >= 4 is 11.6 Å². The molecule has 0 aromatic heterocycles. The summed E-state index contributed by atoms with van der Waals surface area (Å²) < 4.78 is 37.9. The summed E-state index contributed by atoms with van der Waals surface area (Å²) in [6.45, 7) is 1.41. The zero-order chi connectivity index (χ0) is 11.6. The standard InChI is InChI=1S/C9H9F3N2O/c1-4(13)9(15)14-5-2-6(10)8(12)7(11)3-5/h2-4H,13H2,1H3,(H,14,15)/t4-/m1/s1. The second-order valence-electron chi connectivity index (χ2n) is 3.03. The van der Waals surface area contributed by atoms with Gasteiger partial charge in [0.2, 0.25) is 5.91 Å². The highest BCUT2D eigenvalue weighted by atomic mass is 19.2. The molecule has 0 saturated carbocycles. The van der Waals surface area contributed by atoms with Gasteiger partial charge in [0.05, 0.1) is 6.04 Å². The highest BCUT2D eigenvalue weighted by molar-refractivity contribution is 5.94. The van der Waals surface area contributed by atoms with E-state index in [0.717, 1.165) is 0 Å². The number of halogens is 3. The first-order valence-electron chi connectivity index (χ1n) is 4.13. The first-order valence-corrected chi connectivity index (χ1v) is 4.13. The maximum absolute atomic E-state index is 12.7. The van der Waals surface area contributed by atoms with E-state index < -0.39 is 29.4 Å². The van der Waals surface area contributed by atoms with Gasteiger partial charge in [-0.15, -0.1) is 0 Å². The number of hydrogen-bond donors (Lipinski definition) is 2. The van der Waals surface area contributed by atoms with Gasteiger partial charge in [-0.3, -0.25) is 4.79 Å². The van der Waals surface area contributed by atoms with Crippen LogP contribution in [0.2, 0.25) is 0 Å². The van der Waals surface area contributed by atoms with Crippen LogP contribution in [0.15, 0.2) is 12.1 Å². The normalized spacial score (nSPS) is 12.3. The van der Waals surface area contributed by atoms with E-state index >= 15 is 0 Å². The summed E-state index contributed by atoms with van der Waals surface area (Å²) >= 11 is 0. The van der Waals surface area contributed by atoms with Crippen LogP contribution >= 0.6 is 0 Å². The molecule has 15 heavy (non-hydrogen) atoms. The Labute approximate surface area is 84.1 Å². The van der Waals surface area contributed by atoms with Crippen molar-refractivity contribution in [1.82, 2.24) is 0 Å². The molecule has 82 valence electrons. The van der Waals surface area contributed by atoms with Gasteiger partial charge in [0.1, 0.15) is 0 Å². The number of amides is 1. The van der Waals surface area contributed by atoms with Crippen molar-refractivity contribution in [2.24, 2.45) is 5.73 Å². The van der Waals surface area contributed by atoms with Crippen molar-refractivity contribution in [3.63, 3.8) is 0 Å². The van der Waals surface area contributed by atoms with Crippen LogP contribution in [0.3, 0.4) is 0 Å². The molecule has 0 spiro atoms. The summed E-state index contributed by atoms with van der Waals surface area (Å²) in [5.74, 6) is -4.92. The van der Waals surface area contributed by atoms with Crippen LogP contribution < -0.4 is 11.1 Å². The molecule has 0 aliphatic rings.